The van der Waals surface area contributed by atoms with Crippen LogP contribution in [0.2, 0.25) is 0 Å². The summed E-state index contributed by atoms with van der Waals surface area (Å²) in [5.41, 5.74) is 0.679. The number of nitrogens with one attached hydrogen (secondary N) is 2. The number of fused-ring (bicyclic) bond motifs is 1. The lowest BCUT2D eigenvalue weighted by Gasteiger charge is -2.11. The van der Waals surface area contributed by atoms with Gasteiger partial charge in [-0.25, -0.2) is 4.79 Å². The molecule has 0 fully saturated rings. The Kier molecular flexibility index (Phi) is 3.13. The molecule has 7 heteroatoms. The van der Waals surface area contributed by atoms with Crippen molar-refractivity contribution < 1.29 is 19.4 Å². The molecule has 0 aromatic carbocycles. The zero-order chi connectivity index (χ0) is 13.1. The van der Waals surface area contributed by atoms with E-state index >= 15 is 0 Å². The second-order valence-electron chi connectivity index (χ2n) is 3.57. The van der Waals surface area contributed by atoms with Crippen LogP contribution in [0.1, 0.15) is 5.56 Å². The van der Waals surface area contributed by atoms with Gasteiger partial charge in [-0.3, -0.25) is 4.79 Å². The van der Waals surface area contributed by atoms with Gasteiger partial charge in [-0.2, -0.15) is 4.98 Å². The van der Waals surface area contributed by atoms with E-state index in [0.717, 1.165) is 0 Å². The molecule has 0 spiro atoms. The fourth-order valence-electron chi connectivity index (χ4n) is 1.53. The van der Waals surface area contributed by atoms with E-state index in [-0.39, 0.29) is 0 Å². The topological polar surface area (TPSA) is 101 Å². The normalized spacial score (nSPS) is 17.4. The molecule has 3 N–H and O–H groups in total. The third-order valence-corrected chi connectivity index (χ3v) is 2.38. The average molecular weight is 249 g/mol. The molecule has 2 heterocycles. The van der Waals surface area contributed by atoms with Crippen LogP contribution < -0.4 is 15.4 Å². The van der Waals surface area contributed by atoms with E-state index in [0.29, 0.717) is 17.3 Å². The van der Waals surface area contributed by atoms with E-state index in [9.17, 15) is 9.59 Å². The molecule has 18 heavy (non-hydrogen) atoms. The number of nitrogens with zero attached hydrogens (tertiary/aromatic N) is 1. The third-order valence-electron chi connectivity index (χ3n) is 2.38. The number of rotatable bonds is 2. The van der Waals surface area contributed by atoms with Crippen molar-refractivity contribution in [3.05, 3.63) is 23.8 Å². The highest BCUT2D eigenvalue weighted by Crippen LogP contribution is 2.21. The Hall–Kier alpha value is -2.57. The van der Waals surface area contributed by atoms with Gasteiger partial charge in [0, 0.05) is 11.6 Å². The quantitative estimate of drug-likeness (QED) is 0.716. The standard InChI is InChI=1S/C11H11N3O4/c1-18-8-5-3-6-2-4-7(12-11(16)17)10(15)14-9(6)13-8/h2-5,7,12H,1H3,(H,16,17)(H,13,14,15). The van der Waals surface area contributed by atoms with E-state index in [1.807, 2.05) is 0 Å². The number of anilines is 1. The number of carboxylic acid groups (broad SMARTS) is 1. The molecule has 1 aromatic rings. The smallest absolute Gasteiger partial charge is 0.405 e. The molecule has 1 aromatic heterocycles. The molecule has 1 aliphatic heterocycles. The maximum atomic E-state index is 11.7. The molecule has 0 saturated carbocycles. The lowest BCUT2D eigenvalue weighted by molar-refractivity contribution is -0.117. The van der Waals surface area contributed by atoms with Crippen molar-refractivity contribution in [2.45, 2.75) is 6.04 Å². The van der Waals surface area contributed by atoms with Crippen molar-refractivity contribution in [1.82, 2.24) is 10.3 Å². The lowest BCUT2D eigenvalue weighted by Crippen LogP contribution is -2.41. The van der Waals surface area contributed by atoms with Gasteiger partial charge in [-0.1, -0.05) is 12.2 Å². The monoisotopic (exact) mass is 249 g/mol. The summed E-state index contributed by atoms with van der Waals surface area (Å²) < 4.78 is 4.95. The number of ether oxygens (including phenoxy) is 1. The lowest BCUT2D eigenvalue weighted by atomic mass is 10.2. The minimum Gasteiger partial charge on any atom is -0.481 e. The van der Waals surface area contributed by atoms with Crippen LogP contribution in [0.25, 0.3) is 6.08 Å². The Labute approximate surface area is 102 Å². The highest BCUT2D eigenvalue weighted by atomic mass is 16.5. The first-order valence-electron chi connectivity index (χ1n) is 5.13. The Morgan fingerprint density at radius 3 is 3.00 bits per heavy atom. The van der Waals surface area contributed by atoms with Crippen LogP contribution in [0.5, 0.6) is 5.88 Å². The highest BCUT2D eigenvalue weighted by Gasteiger charge is 2.22. The average Bonchev–Trinajstić information content (AvgIpc) is 2.48. The molecule has 2 amide bonds. The summed E-state index contributed by atoms with van der Waals surface area (Å²) in [6.07, 6.45) is 1.82. The minimum atomic E-state index is -1.27. The van der Waals surface area contributed by atoms with Gasteiger partial charge in [0.1, 0.15) is 11.9 Å². The molecule has 0 radical (unpaired) electrons. The third kappa shape index (κ3) is 2.40. The Bertz CT molecular complexity index is 527. The number of hydrogen-bond acceptors (Lipinski definition) is 4. The predicted molar refractivity (Wildman–Crippen MR) is 63.4 cm³/mol. The summed E-state index contributed by atoms with van der Waals surface area (Å²) in [4.78, 5) is 26.4. The maximum Gasteiger partial charge on any atom is 0.405 e. The van der Waals surface area contributed by atoms with Crippen molar-refractivity contribution in [2.24, 2.45) is 0 Å². The molecular formula is C11H11N3O4. The van der Waals surface area contributed by atoms with Crippen molar-refractivity contribution in [3.8, 4) is 5.88 Å². The molecule has 2 rings (SSSR count). The summed E-state index contributed by atoms with van der Waals surface area (Å²) in [5.74, 6) is 0.213. The maximum absolute atomic E-state index is 11.7. The van der Waals surface area contributed by atoms with Gasteiger partial charge in [0.15, 0.2) is 0 Å². The van der Waals surface area contributed by atoms with Gasteiger partial charge in [-0.05, 0) is 6.07 Å². The molecular weight excluding hydrogens is 238 g/mol. The largest absolute Gasteiger partial charge is 0.481 e. The summed E-state index contributed by atoms with van der Waals surface area (Å²) in [6.45, 7) is 0. The summed E-state index contributed by atoms with van der Waals surface area (Å²) in [6, 6.07) is 2.43. The van der Waals surface area contributed by atoms with Gasteiger partial charge < -0.3 is 20.5 Å². The predicted octanol–water partition coefficient (Wildman–Crippen LogP) is 0.692. The molecule has 94 valence electrons. The van der Waals surface area contributed by atoms with Gasteiger partial charge in [-0.15, -0.1) is 0 Å². The Morgan fingerprint density at radius 1 is 1.56 bits per heavy atom. The fraction of sp³-hybridized carbons (Fsp3) is 0.182. The van der Waals surface area contributed by atoms with E-state index < -0.39 is 18.0 Å². The van der Waals surface area contributed by atoms with Crippen LogP contribution in [-0.4, -0.2) is 35.2 Å². The second-order valence-corrected chi connectivity index (χ2v) is 3.57. The van der Waals surface area contributed by atoms with Crippen molar-refractivity contribution in [1.29, 1.82) is 0 Å². The number of carbonyl (C=O) groups is 2. The Morgan fingerprint density at radius 2 is 2.33 bits per heavy atom. The zero-order valence-corrected chi connectivity index (χ0v) is 9.51. The van der Waals surface area contributed by atoms with Gasteiger partial charge >= 0.3 is 6.09 Å². The highest BCUT2D eigenvalue weighted by molar-refractivity contribution is 6.00. The minimum absolute atomic E-state index is 0.338. The molecule has 0 aliphatic carbocycles. The number of carbonyl (C=O) groups excluding carboxylic acids is 1. The van der Waals surface area contributed by atoms with Crippen LogP contribution in [0.3, 0.4) is 0 Å². The first-order chi connectivity index (χ1) is 8.60. The molecule has 1 unspecified atom stereocenters. The van der Waals surface area contributed by atoms with Crippen LogP contribution in [-0.2, 0) is 4.79 Å². The molecule has 0 bridgehead atoms. The van der Waals surface area contributed by atoms with Crippen molar-refractivity contribution in [3.63, 3.8) is 0 Å². The number of methoxy groups -OCH3 is 1. The van der Waals surface area contributed by atoms with E-state index in [1.54, 1.807) is 18.2 Å². The molecule has 0 saturated heterocycles. The molecule has 7 nitrogen and oxygen atoms in total. The second kappa shape index (κ2) is 4.74. The SMILES string of the molecule is COc1ccc2c(n1)NC(=O)C(NC(=O)O)C=C2. The van der Waals surface area contributed by atoms with E-state index in [4.69, 9.17) is 9.84 Å². The zero-order valence-electron chi connectivity index (χ0n) is 9.51. The van der Waals surface area contributed by atoms with Crippen LogP contribution in [0.15, 0.2) is 18.2 Å². The molecule has 1 atom stereocenters. The molecule has 1 aliphatic rings. The van der Waals surface area contributed by atoms with E-state index in [2.05, 4.69) is 15.6 Å². The van der Waals surface area contributed by atoms with Crippen LogP contribution >= 0.6 is 0 Å². The van der Waals surface area contributed by atoms with Crippen LogP contribution in [0, 0.1) is 0 Å². The van der Waals surface area contributed by atoms with Gasteiger partial charge in [0.25, 0.3) is 5.91 Å². The van der Waals surface area contributed by atoms with E-state index in [1.165, 1.54) is 13.2 Å². The first kappa shape index (κ1) is 11.9. The van der Waals surface area contributed by atoms with Gasteiger partial charge in [0.05, 0.1) is 7.11 Å². The number of amides is 2. The van der Waals surface area contributed by atoms with Crippen LogP contribution in [0.4, 0.5) is 10.6 Å². The first-order valence-corrected chi connectivity index (χ1v) is 5.13. The number of aromatic nitrogens is 1. The number of hydrogen-bond donors (Lipinski definition) is 3. The number of pyridine rings is 1. The van der Waals surface area contributed by atoms with Gasteiger partial charge in [0.2, 0.25) is 5.88 Å². The van der Waals surface area contributed by atoms with Crippen molar-refractivity contribution >= 4 is 23.9 Å². The fourth-order valence-corrected chi connectivity index (χ4v) is 1.53. The Balaban J connectivity index is 2.29. The van der Waals surface area contributed by atoms with Crippen molar-refractivity contribution in [2.75, 3.05) is 12.4 Å². The summed E-state index contributed by atoms with van der Waals surface area (Å²) in [7, 11) is 1.47. The summed E-state index contributed by atoms with van der Waals surface area (Å²) in [5, 5.41) is 13.2. The summed E-state index contributed by atoms with van der Waals surface area (Å²) >= 11 is 0.